The third-order valence-corrected chi connectivity index (χ3v) is 2.26. The first-order valence-corrected chi connectivity index (χ1v) is 5.27. The van der Waals surface area contributed by atoms with E-state index < -0.39 is 5.97 Å². The first-order chi connectivity index (χ1) is 8.17. The van der Waals surface area contributed by atoms with Crippen molar-refractivity contribution >= 4 is 12.0 Å². The molecule has 0 fully saturated rings. The Bertz CT molecular complexity index is 410. The van der Waals surface area contributed by atoms with E-state index in [1.807, 2.05) is 24.3 Å². The standard InChI is InChI=1S/C13H16O4/c1-16-11-8-7-10(12(9-11)17-2)5-3-4-6-13(14)15/h3,5,7-9H,4,6H2,1-2H3,(H,14,15)/b5-3+. The Morgan fingerprint density at radius 1 is 1.35 bits per heavy atom. The largest absolute Gasteiger partial charge is 0.497 e. The minimum absolute atomic E-state index is 0.134. The van der Waals surface area contributed by atoms with Crippen molar-refractivity contribution in [2.24, 2.45) is 0 Å². The molecule has 0 spiro atoms. The fraction of sp³-hybridized carbons (Fsp3) is 0.308. The highest BCUT2D eigenvalue weighted by Gasteiger charge is 2.01. The van der Waals surface area contributed by atoms with Gasteiger partial charge in [-0.15, -0.1) is 0 Å². The first kappa shape index (κ1) is 13.1. The van der Waals surface area contributed by atoms with Crippen molar-refractivity contribution in [1.29, 1.82) is 0 Å². The Balaban J connectivity index is 2.73. The summed E-state index contributed by atoms with van der Waals surface area (Å²) in [6.07, 6.45) is 4.30. The van der Waals surface area contributed by atoms with Gasteiger partial charge in [-0.1, -0.05) is 12.2 Å². The SMILES string of the molecule is COc1ccc(/C=C/CCC(=O)O)c(OC)c1. The average molecular weight is 236 g/mol. The van der Waals surface area contributed by atoms with E-state index >= 15 is 0 Å². The van der Waals surface area contributed by atoms with Crippen LogP contribution in [0.3, 0.4) is 0 Å². The predicted octanol–water partition coefficient (Wildman–Crippen LogP) is 2.58. The maximum absolute atomic E-state index is 10.3. The molecule has 1 aromatic carbocycles. The van der Waals surface area contributed by atoms with Gasteiger partial charge in [0, 0.05) is 18.1 Å². The number of carboxylic acids is 1. The molecule has 0 bridgehead atoms. The molecular formula is C13H16O4. The van der Waals surface area contributed by atoms with Crippen LogP contribution < -0.4 is 9.47 Å². The van der Waals surface area contributed by atoms with Crippen molar-refractivity contribution in [1.82, 2.24) is 0 Å². The van der Waals surface area contributed by atoms with E-state index in [4.69, 9.17) is 14.6 Å². The summed E-state index contributed by atoms with van der Waals surface area (Å²) in [5, 5.41) is 8.50. The summed E-state index contributed by atoms with van der Waals surface area (Å²) in [5.41, 5.74) is 0.902. The van der Waals surface area contributed by atoms with Gasteiger partial charge in [-0.05, 0) is 18.6 Å². The van der Waals surface area contributed by atoms with Gasteiger partial charge in [0.15, 0.2) is 0 Å². The van der Waals surface area contributed by atoms with Gasteiger partial charge in [0.1, 0.15) is 11.5 Å². The van der Waals surface area contributed by atoms with Crippen molar-refractivity contribution in [2.45, 2.75) is 12.8 Å². The molecule has 0 aliphatic heterocycles. The predicted molar refractivity (Wildman–Crippen MR) is 65.4 cm³/mol. The fourth-order valence-electron chi connectivity index (χ4n) is 1.37. The number of rotatable bonds is 6. The van der Waals surface area contributed by atoms with Crippen LogP contribution in [-0.4, -0.2) is 25.3 Å². The second-order valence-electron chi connectivity index (χ2n) is 3.44. The lowest BCUT2D eigenvalue weighted by molar-refractivity contribution is -0.136. The van der Waals surface area contributed by atoms with E-state index in [0.29, 0.717) is 12.2 Å². The number of aliphatic carboxylic acids is 1. The first-order valence-electron chi connectivity index (χ1n) is 5.27. The second kappa shape index (κ2) is 6.58. The van der Waals surface area contributed by atoms with Gasteiger partial charge in [-0.3, -0.25) is 4.79 Å². The van der Waals surface area contributed by atoms with Crippen LogP contribution in [0.4, 0.5) is 0 Å². The molecule has 4 heteroatoms. The molecule has 1 rings (SSSR count). The topological polar surface area (TPSA) is 55.8 Å². The summed E-state index contributed by atoms with van der Waals surface area (Å²) in [6.45, 7) is 0. The summed E-state index contributed by atoms with van der Waals surface area (Å²) < 4.78 is 10.3. The summed E-state index contributed by atoms with van der Waals surface area (Å²) in [5.74, 6) is 0.636. The normalized spacial score (nSPS) is 10.5. The molecule has 0 aliphatic carbocycles. The summed E-state index contributed by atoms with van der Waals surface area (Å²) >= 11 is 0. The molecule has 1 aromatic rings. The number of carboxylic acid groups (broad SMARTS) is 1. The number of hydrogen-bond acceptors (Lipinski definition) is 3. The van der Waals surface area contributed by atoms with Crippen molar-refractivity contribution in [2.75, 3.05) is 14.2 Å². The lowest BCUT2D eigenvalue weighted by Gasteiger charge is -2.07. The molecule has 0 aliphatic rings. The Kier molecular flexibility index (Phi) is 5.07. The highest BCUT2D eigenvalue weighted by molar-refractivity contribution is 5.67. The molecule has 0 heterocycles. The van der Waals surface area contributed by atoms with Crippen LogP contribution in [0.5, 0.6) is 11.5 Å². The van der Waals surface area contributed by atoms with Crippen LogP contribution in [-0.2, 0) is 4.79 Å². The Labute approximate surface area is 100 Å². The molecule has 0 atom stereocenters. The maximum Gasteiger partial charge on any atom is 0.303 e. The van der Waals surface area contributed by atoms with Crippen LogP contribution in [0.1, 0.15) is 18.4 Å². The second-order valence-corrected chi connectivity index (χ2v) is 3.44. The molecule has 0 aromatic heterocycles. The fourth-order valence-corrected chi connectivity index (χ4v) is 1.37. The zero-order valence-electron chi connectivity index (χ0n) is 9.97. The number of benzene rings is 1. The summed E-state index contributed by atoms with van der Waals surface area (Å²) in [6, 6.07) is 5.49. The third-order valence-electron chi connectivity index (χ3n) is 2.26. The molecule has 1 N–H and O–H groups in total. The highest BCUT2D eigenvalue weighted by atomic mass is 16.5. The van der Waals surface area contributed by atoms with Crippen molar-refractivity contribution in [3.05, 3.63) is 29.8 Å². The quantitative estimate of drug-likeness (QED) is 0.824. The van der Waals surface area contributed by atoms with Crippen molar-refractivity contribution in [3.63, 3.8) is 0 Å². The van der Waals surface area contributed by atoms with Gasteiger partial charge in [-0.2, -0.15) is 0 Å². The molecule has 92 valence electrons. The molecule has 0 saturated carbocycles. The smallest absolute Gasteiger partial charge is 0.303 e. The molecule has 4 nitrogen and oxygen atoms in total. The van der Waals surface area contributed by atoms with Crippen molar-refractivity contribution in [3.8, 4) is 11.5 Å². The summed E-state index contributed by atoms with van der Waals surface area (Å²) in [4.78, 5) is 10.3. The van der Waals surface area contributed by atoms with E-state index in [0.717, 1.165) is 11.3 Å². The lowest BCUT2D eigenvalue weighted by Crippen LogP contribution is -1.92. The summed E-state index contributed by atoms with van der Waals surface area (Å²) in [7, 11) is 3.18. The average Bonchev–Trinajstić information content (AvgIpc) is 2.34. The molecule has 17 heavy (non-hydrogen) atoms. The van der Waals surface area contributed by atoms with Crippen LogP contribution in [0.15, 0.2) is 24.3 Å². The van der Waals surface area contributed by atoms with Crippen molar-refractivity contribution < 1.29 is 19.4 Å². The third kappa shape index (κ3) is 4.18. The molecule has 0 radical (unpaired) electrons. The number of methoxy groups -OCH3 is 2. The van der Waals surface area contributed by atoms with Gasteiger partial charge in [0.05, 0.1) is 14.2 Å². The Morgan fingerprint density at radius 2 is 2.12 bits per heavy atom. The van der Waals surface area contributed by atoms with Gasteiger partial charge >= 0.3 is 5.97 Å². The Hall–Kier alpha value is -1.97. The zero-order chi connectivity index (χ0) is 12.7. The van der Waals surface area contributed by atoms with Gasteiger partial charge in [0.2, 0.25) is 0 Å². The monoisotopic (exact) mass is 236 g/mol. The Morgan fingerprint density at radius 3 is 2.71 bits per heavy atom. The van der Waals surface area contributed by atoms with Gasteiger partial charge in [-0.25, -0.2) is 0 Å². The van der Waals surface area contributed by atoms with Gasteiger partial charge < -0.3 is 14.6 Å². The number of carbonyl (C=O) groups is 1. The van der Waals surface area contributed by atoms with Crippen LogP contribution >= 0.6 is 0 Å². The van der Waals surface area contributed by atoms with E-state index in [9.17, 15) is 4.79 Å². The van der Waals surface area contributed by atoms with Crippen LogP contribution in [0, 0.1) is 0 Å². The molecule has 0 amide bonds. The number of ether oxygens (including phenoxy) is 2. The van der Waals surface area contributed by atoms with E-state index in [-0.39, 0.29) is 6.42 Å². The number of allylic oxidation sites excluding steroid dienone is 1. The van der Waals surface area contributed by atoms with Crippen LogP contribution in [0.25, 0.3) is 6.08 Å². The van der Waals surface area contributed by atoms with E-state index in [1.54, 1.807) is 20.3 Å². The molecular weight excluding hydrogens is 220 g/mol. The number of hydrogen-bond donors (Lipinski definition) is 1. The highest BCUT2D eigenvalue weighted by Crippen LogP contribution is 2.25. The lowest BCUT2D eigenvalue weighted by atomic mass is 10.1. The zero-order valence-corrected chi connectivity index (χ0v) is 9.97. The molecule has 0 saturated heterocycles. The van der Waals surface area contributed by atoms with Crippen LogP contribution in [0.2, 0.25) is 0 Å². The van der Waals surface area contributed by atoms with E-state index in [2.05, 4.69) is 0 Å². The minimum Gasteiger partial charge on any atom is -0.497 e. The van der Waals surface area contributed by atoms with E-state index in [1.165, 1.54) is 0 Å². The minimum atomic E-state index is -0.795. The maximum atomic E-state index is 10.3. The van der Waals surface area contributed by atoms with Gasteiger partial charge in [0.25, 0.3) is 0 Å². The molecule has 0 unspecified atom stereocenters.